The minimum Gasteiger partial charge on any atom is -0.381 e. The van der Waals surface area contributed by atoms with Gasteiger partial charge in [-0.3, -0.25) is 4.79 Å². The van der Waals surface area contributed by atoms with Crippen LogP contribution in [0.15, 0.2) is 0 Å². The second-order valence-corrected chi connectivity index (χ2v) is 5.79. The molecule has 2 aliphatic heterocycles. The van der Waals surface area contributed by atoms with E-state index in [4.69, 9.17) is 4.74 Å². The molecule has 17 heavy (non-hydrogen) atoms. The van der Waals surface area contributed by atoms with Gasteiger partial charge in [0.15, 0.2) is 0 Å². The lowest BCUT2D eigenvalue weighted by molar-refractivity contribution is -0.143. The molecule has 0 aromatic rings. The van der Waals surface area contributed by atoms with Gasteiger partial charge in [-0.05, 0) is 25.0 Å². The first-order chi connectivity index (χ1) is 8.28. The molecule has 0 bridgehead atoms. The molecule has 1 amide bonds. The van der Waals surface area contributed by atoms with Gasteiger partial charge in [-0.25, -0.2) is 0 Å². The van der Waals surface area contributed by atoms with E-state index in [0.717, 1.165) is 31.0 Å². The van der Waals surface area contributed by atoms with Gasteiger partial charge in [-0.15, -0.1) is 0 Å². The first kappa shape index (κ1) is 12.7. The molecular weight excluding hydrogens is 236 g/mol. The summed E-state index contributed by atoms with van der Waals surface area (Å²) >= 11 is 1.89. The Balaban J connectivity index is 2.07. The van der Waals surface area contributed by atoms with Crippen LogP contribution >= 0.6 is 11.8 Å². The van der Waals surface area contributed by atoms with E-state index >= 15 is 0 Å². The van der Waals surface area contributed by atoms with E-state index in [1.165, 1.54) is 0 Å². The minimum absolute atomic E-state index is 0.0331. The van der Waals surface area contributed by atoms with Crippen LogP contribution in [0.4, 0.5) is 0 Å². The Morgan fingerprint density at radius 3 is 2.76 bits per heavy atom. The Kier molecular flexibility index (Phi) is 4.30. The van der Waals surface area contributed by atoms with Crippen LogP contribution in [-0.2, 0) is 9.53 Å². The molecule has 2 heterocycles. The summed E-state index contributed by atoms with van der Waals surface area (Å²) in [7, 11) is 0. The van der Waals surface area contributed by atoms with E-state index < -0.39 is 5.41 Å². The SMILES string of the molecule is N#CC1(C(=O)N2CCCSCC2)CCOCC1. The lowest BCUT2D eigenvalue weighted by atomic mass is 9.80. The van der Waals surface area contributed by atoms with Gasteiger partial charge in [0.05, 0.1) is 6.07 Å². The smallest absolute Gasteiger partial charge is 0.243 e. The molecule has 2 saturated heterocycles. The van der Waals surface area contributed by atoms with Gasteiger partial charge in [0, 0.05) is 32.1 Å². The Morgan fingerprint density at radius 1 is 1.29 bits per heavy atom. The largest absolute Gasteiger partial charge is 0.381 e. The molecule has 2 fully saturated rings. The third kappa shape index (κ3) is 2.75. The standard InChI is InChI=1S/C12H18N2O2S/c13-10-12(2-6-16-7-3-12)11(15)14-4-1-8-17-9-5-14/h1-9H2. The summed E-state index contributed by atoms with van der Waals surface area (Å²) in [6.07, 6.45) is 2.13. The average Bonchev–Trinajstić information content (AvgIpc) is 2.67. The van der Waals surface area contributed by atoms with Crippen molar-refractivity contribution in [3.8, 4) is 6.07 Å². The molecular formula is C12H18N2O2S. The topological polar surface area (TPSA) is 53.3 Å². The molecule has 5 heteroatoms. The zero-order chi connectivity index (χ0) is 12.1. The number of ether oxygens (including phenoxy) is 1. The van der Waals surface area contributed by atoms with Crippen molar-refractivity contribution < 1.29 is 9.53 Å². The number of rotatable bonds is 1. The zero-order valence-corrected chi connectivity index (χ0v) is 10.8. The number of nitriles is 1. The zero-order valence-electron chi connectivity index (χ0n) is 9.98. The fourth-order valence-electron chi connectivity index (χ4n) is 2.35. The Labute approximate surface area is 106 Å². The second-order valence-electron chi connectivity index (χ2n) is 4.56. The summed E-state index contributed by atoms with van der Waals surface area (Å²) < 4.78 is 5.26. The summed E-state index contributed by atoms with van der Waals surface area (Å²) in [4.78, 5) is 14.4. The molecule has 2 rings (SSSR count). The number of hydrogen-bond acceptors (Lipinski definition) is 4. The van der Waals surface area contributed by atoms with Crippen molar-refractivity contribution in [1.29, 1.82) is 5.26 Å². The van der Waals surface area contributed by atoms with Gasteiger partial charge >= 0.3 is 0 Å². The monoisotopic (exact) mass is 254 g/mol. The van der Waals surface area contributed by atoms with Crippen molar-refractivity contribution in [1.82, 2.24) is 4.90 Å². The summed E-state index contributed by atoms with van der Waals surface area (Å²) in [5, 5.41) is 9.35. The second kappa shape index (κ2) is 5.74. The van der Waals surface area contributed by atoms with Crippen LogP contribution < -0.4 is 0 Å². The van der Waals surface area contributed by atoms with Crippen LogP contribution in [0.5, 0.6) is 0 Å². The third-order valence-corrected chi connectivity index (χ3v) is 4.53. The number of amides is 1. The fourth-order valence-corrected chi connectivity index (χ4v) is 3.23. The van der Waals surface area contributed by atoms with Crippen molar-refractivity contribution in [3.63, 3.8) is 0 Å². The molecule has 0 saturated carbocycles. The number of nitrogens with zero attached hydrogens (tertiary/aromatic N) is 2. The molecule has 0 aromatic carbocycles. The maximum Gasteiger partial charge on any atom is 0.243 e. The lowest BCUT2D eigenvalue weighted by Crippen LogP contribution is -2.47. The highest BCUT2D eigenvalue weighted by Crippen LogP contribution is 2.32. The highest BCUT2D eigenvalue weighted by atomic mass is 32.2. The Hall–Kier alpha value is -0.730. The molecule has 0 spiro atoms. The van der Waals surface area contributed by atoms with Crippen molar-refractivity contribution in [2.45, 2.75) is 19.3 Å². The minimum atomic E-state index is -0.812. The van der Waals surface area contributed by atoms with Gasteiger partial charge in [-0.1, -0.05) is 0 Å². The van der Waals surface area contributed by atoms with E-state index in [2.05, 4.69) is 6.07 Å². The molecule has 0 N–H and O–H groups in total. The summed E-state index contributed by atoms with van der Waals surface area (Å²) in [6.45, 7) is 2.65. The summed E-state index contributed by atoms with van der Waals surface area (Å²) in [5.74, 6) is 2.14. The van der Waals surface area contributed by atoms with Crippen LogP contribution in [0.2, 0.25) is 0 Å². The van der Waals surface area contributed by atoms with Crippen molar-refractivity contribution >= 4 is 17.7 Å². The lowest BCUT2D eigenvalue weighted by Gasteiger charge is -2.34. The maximum atomic E-state index is 12.5. The normalized spacial score (nSPS) is 24.8. The molecule has 4 nitrogen and oxygen atoms in total. The molecule has 0 aliphatic carbocycles. The number of carbonyl (C=O) groups is 1. The molecule has 0 aromatic heterocycles. The van der Waals surface area contributed by atoms with E-state index in [0.29, 0.717) is 26.1 Å². The average molecular weight is 254 g/mol. The Bertz CT molecular complexity index is 313. The maximum absolute atomic E-state index is 12.5. The number of carbonyl (C=O) groups excluding carboxylic acids is 1. The van der Waals surface area contributed by atoms with Gasteiger partial charge in [0.1, 0.15) is 5.41 Å². The van der Waals surface area contributed by atoms with Gasteiger partial charge in [0.25, 0.3) is 0 Å². The van der Waals surface area contributed by atoms with E-state index in [1.807, 2.05) is 16.7 Å². The Morgan fingerprint density at radius 2 is 2.06 bits per heavy atom. The first-order valence-electron chi connectivity index (χ1n) is 6.15. The van der Waals surface area contributed by atoms with Crippen LogP contribution in [-0.4, -0.2) is 48.6 Å². The van der Waals surface area contributed by atoms with Crippen LogP contribution in [0, 0.1) is 16.7 Å². The van der Waals surface area contributed by atoms with Crippen LogP contribution in [0.1, 0.15) is 19.3 Å². The van der Waals surface area contributed by atoms with Crippen LogP contribution in [0.3, 0.4) is 0 Å². The summed E-state index contributed by atoms with van der Waals surface area (Å²) in [6, 6.07) is 2.26. The third-order valence-electron chi connectivity index (χ3n) is 3.48. The molecule has 0 unspecified atom stereocenters. The number of thioether (sulfide) groups is 1. The quantitative estimate of drug-likeness (QED) is 0.707. The predicted molar refractivity (Wildman–Crippen MR) is 66.6 cm³/mol. The highest BCUT2D eigenvalue weighted by Gasteiger charge is 2.42. The highest BCUT2D eigenvalue weighted by molar-refractivity contribution is 7.99. The molecule has 0 radical (unpaired) electrons. The predicted octanol–water partition coefficient (Wildman–Crippen LogP) is 1.27. The number of hydrogen-bond donors (Lipinski definition) is 0. The molecule has 94 valence electrons. The van der Waals surface area contributed by atoms with Gasteiger partial charge in [-0.2, -0.15) is 17.0 Å². The molecule has 0 atom stereocenters. The van der Waals surface area contributed by atoms with E-state index in [1.54, 1.807) is 0 Å². The summed E-state index contributed by atoms with van der Waals surface area (Å²) in [5.41, 5.74) is -0.812. The first-order valence-corrected chi connectivity index (χ1v) is 7.30. The van der Waals surface area contributed by atoms with Gasteiger partial charge in [0.2, 0.25) is 5.91 Å². The van der Waals surface area contributed by atoms with Crippen molar-refractivity contribution in [2.75, 3.05) is 37.8 Å². The van der Waals surface area contributed by atoms with Gasteiger partial charge < -0.3 is 9.64 Å². The van der Waals surface area contributed by atoms with Crippen molar-refractivity contribution in [2.24, 2.45) is 5.41 Å². The molecule has 2 aliphatic rings. The van der Waals surface area contributed by atoms with E-state index in [-0.39, 0.29) is 5.91 Å². The van der Waals surface area contributed by atoms with E-state index in [9.17, 15) is 10.1 Å². The van der Waals surface area contributed by atoms with Crippen LogP contribution in [0.25, 0.3) is 0 Å². The fraction of sp³-hybridized carbons (Fsp3) is 0.833. The van der Waals surface area contributed by atoms with Crippen molar-refractivity contribution in [3.05, 3.63) is 0 Å².